The van der Waals surface area contributed by atoms with E-state index in [9.17, 15) is 0 Å². The molecule has 0 heterocycles. The predicted molar refractivity (Wildman–Crippen MR) is 23.0 cm³/mol. The molecule has 6 heavy (non-hydrogen) atoms. The van der Waals surface area contributed by atoms with Crippen molar-refractivity contribution in [3.05, 3.63) is 12.2 Å². The van der Waals surface area contributed by atoms with Crippen molar-refractivity contribution in [1.82, 2.24) is 0 Å². The van der Waals surface area contributed by atoms with Crippen LogP contribution in [0, 0.1) is 0 Å². The summed E-state index contributed by atoms with van der Waals surface area (Å²) in [5.41, 5.74) is 0. The Kier molecular flexibility index (Phi) is 3.56. The predicted octanol–water partition coefficient (Wildman–Crippen LogP) is 1.72. The van der Waals surface area contributed by atoms with Crippen LogP contribution in [0.15, 0.2) is 12.2 Å². The molecule has 38 valence electrons. The molecule has 1 rings (SSSR count). The van der Waals surface area contributed by atoms with E-state index < -0.39 is 0 Å². The zero-order valence-corrected chi connectivity index (χ0v) is 4.58. The van der Waals surface area contributed by atoms with Crippen molar-refractivity contribution in [2.24, 2.45) is 0 Å². The minimum atomic E-state index is 0. The second-order valence-electron chi connectivity index (χ2n) is 1.40. The summed E-state index contributed by atoms with van der Waals surface area (Å²) in [6.45, 7) is 0. The summed E-state index contributed by atoms with van der Waals surface area (Å²) in [6.07, 6.45) is 8.50. The molecule has 0 nitrogen and oxygen atoms in total. The van der Waals surface area contributed by atoms with Gasteiger partial charge in [0.25, 0.3) is 0 Å². The average Bonchev–Trinajstić information content (AvgIpc) is 1.76. The van der Waals surface area contributed by atoms with Crippen molar-refractivity contribution < 1.29 is 16.5 Å². The molecule has 0 aromatic rings. The minimum Gasteiger partial charge on any atom is -0.0885 e. The van der Waals surface area contributed by atoms with Gasteiger partial charge in [-0.15, -0.1) is 0 Å². The summed E-state index contributed by atoms with van der Waals surface area (Å²) in [7, 11) is 0. The second kappa shape index (κ2) is 3.42. The molecule has 0 radical (unpaired) electrons. The molecule has 0 N–H and O–H groups in total. The first-order valence-corrected chi connectivity index (χ1v) is 2.15. The Morgan fingerprint density at radius 3 is 1.67 bits per heavy atom. The van der Waals surface area contributed by atoms with Crippen molar-refractivity contribution in [1.29, 1.82) is 0 Å². The van der Waals surface area contributed by atoms with Crippen molar-refractivity contribution in [2.75, 3.05) is 0 Å². The first kappa shape index (κ1) is 6.23. The normalized spacial score (nSPS) is 17.3. The molecule has 1 aliphatic carbocycles. The molecule has 1 aliphatic rings. The van der Waals surface area contributed by atoms with Crippen LogP contribution in [0.2, 0.25) is 0 Å². The van der Waals surface area contributed by atoms with E-state index >= 15 is 0 Å². The van der Waals surface area contributed by atoms with Gasteiger partial charge in [0.15, 0.2) is 0 Å². The fourth-order valence-electron chi connectivity index (χ4n) is 0.589. The van der Waals surface area contributed by atoms with Crippen LogP contribution in [0.5, 0.6) is 0 Å². The molecule has 0 bridgehead atoms. The molecule has 0 saturated carbocycles. The summed E-state index contributed by atoms with van der Waals surface area (Å²) in [6, 6.07) is 0. The monoisotopic (exact) mass is 126 g/mol. The summed E-state index contributed by atoms with van der Waals surface area (Å²) >= 11 is 0. The molecular formula is C5H8Ni. The van der Waals surface area contributed by atoms with Gasteiger partial charge in [-0.05, 0) is 19.3 Å². The van der Waals surface area contributed by atoms with E-state index in [0.29, 0.717) is 0 Å². The number of allylic oxidation sites excluding steroid dienone is 2. The third-order valence-corrected chi connectivity index (χ3v) is 0.908. The topological polar surface area (TPSA) is 0 Å². The number of hydrogen-bond acceptors (Lipinski definition) is 0. The molecule has 0 fully saturated rings. The molecule has 0 saturated heterocycles. The van der Waals surface area contributed by atoms with Crippen molar-refractivity contribution in [3.63, 3.8) is 0 Å². The molecule has 0 unspecified atom stereocenters. The second-order valence-corrected chi connectivity index (χ2v) is 1.40. The Morgan fingerprint density at radius 1 is 1.00 bits per heavy atom. The van der Waals surface area contributed by atoms with Crippen LogP contribution >= 0.6 is 0 Å². The Bertz CT molecular complexity index is 41.9. The number of rotatable bonds is 0. The molecule has 0 aromatic heterocycles. The molecule has 0 atom stereocenters. The van der Waals surface area contributed by atoms with Gasteiger partial charge in [-0.25, -0.2) is 0 Å². The van der Waals surface area contributed by atoms with E-state index in [2.05, 4.69) is 12.2 Å². The molecule has 1 heteroatoms. The fraction of sp³-hybridized carbons (Fsp3) is 0.600. The van der Waals surface area contributed by atoms with Gasteiger partial charge in [0, 0.05) is 16.5 Å². The largest absolute Gasteiger partial charge is 0.0885 e. The van der Waals surface area contributed by atoms with Crippen LogP contribution < -0.4 is 0 Å². The molecule has 0 aliphatic heterocycles. The third-order valence-electron chi connectivity index (χ3n) is 0.908. The maximum absolute atomic E-state index is 2.24. The third kappa shape index (κ3) is 1.62. The van der Waals surface area contributed by atoms with Gasteiger partial charge in [-0.1, -0.05) is 12.2 Å². The van der Waals surface area contributed by atoms with Crippen molar-refractivity contribution >= 4 is 0 Å². The van der Waals surface area contributed by atoms with Crippen LogP contribution in [-0.4, -0.2) is 0 Å². The Hall–Kier alpha value is 0.234. The van der Waals surface area contributed by atoms with E-state index in [1.54, 1.807) is 0 Å². The maximum atomic E-state index is 2.24. The SMILES string of the molecule is C1=CCCC1.[Ni]. The molecule has 0 spiro atoms. The van der Waals surface area contributed by atoms with Crippen LogP contribution in [0.3, 0.4) is 0 Å². The number of hydrogen-bond donors (Lipinski definition) is 0. The summed E-state index contributed by atoms with van der Waals surface area (Å²) in [5.74, 6) is 0. The van der Waals surface area contributed by atoms with E-state index in [-0.39, 0.29) is 16.5 Å². The standard InChI is InChI=1S/C5H8.Ni/c1-2-4-5-3-1;/h1-2H,3-5H2;. The average molecular weight is 127 g/mol. The molecular weight excluding hydrogens is 119 g/mol. The van der Waals surface area contributed by atoms with Crippen LogP contribution in [-0.2, 0) is 16.5 Å². The molecule has 0 amide bonds. The Labute approximate surface area is 48.6 Å². The minimum absolute atomic E-state index is 0. The summed E-state index contributed by atoms with van der Waals surface area (Å²) < 4.78 is 0. The van der Waals surface area contributed by atoms with E-state index in [4.69, 9.17) is 0 Å². The molecule has 0 aromatic carbocycles. The van der Waals surface area contributed by atoms with Crippen LogP contribution in [0.4, 0.5) is 0 Å². The van der Waals surface area contributed by atoms with Crippen molar-refractivity contribution in [3.8, 4) is 0 Å². The fourth-order valence-corrected chi connectivity index (χ4v) is 0.589. The van der Waals surface area contributed by atoms with Crippen LogP contribution in [0.25, 0.3) is 0 Å². The first-order valence-electron chi connectivity index (χ1n) is 2.15. The first-order chi connectivity index (χ1) is 2.50. The summed E-state index contributed by atoms with van der Waals surface area (Å²) in [5, 5.41) is 0. The van der Waals surface area contributed by atoms with Gasteiger partial charge >= 0.3 is 0 Å². The van der Waals surface area contributed by atoms with Gasteiger partial charge in [-0.3, -0.25) is 0 Å². The zero-order chi connectivity index (χ0) is 3.54. The van der Waals surface area contributed by atoms with Gasteiger partial charge in [-0.2, -0.15) is 0 Å². The van der Waals surface area contributed by atoms with Gasteiger partial charge in [0.1, 0.15) is 0 Å². The van der Waals surface area contributed by atoms with Gasteiger partial charge < -0.3 is 0 Å². The van der Waals surface area contributed by atoms with E-state index in [1.807, 2.05) is 0 Å². The zero-order valence-electron chi connectivity index (χ0n) is 3.59. The van der Waals surface area contributed by atoms with Gasteiger partial charge in [0.05, 0.1) is 0 Å². The van der Waals surface area contributed by atoms with Crippen LogP contribution in [0.1, 0.15) is 19.3 Å². The summed E-state index contributed by atoms with van der Waals surface area (Å²) in [4.78, 5) is 0. The Balaban J connectivity index is 0.000000250. The van der Waals surface area contributed by atoms with E-state index in [1.165, 1.54) is 19.3 Å². The Morgan fingerprint density at radius 2 is 1.50 bits per heavy atom. The van der Waals surface area contributed by atoms with Gasteiger partial charge in [0.2, 0.25) is 0 Å². The quantitative estimate of drug-likeness (QED) is 0.343. The van der Waals surface area contributed by atoms with Crippen molar-refractivity contribution in [2.45, 2.75) is 19.3 Å². The van der Waals surface area contributed by atoms with E-state index in [0.717, 1.165) is 0 Å². The maximum Gasteiger partial charge on any atom is 0 e. The smallest absolute Gasteiger partial charge is 0 e.